The highest BCUT2D eigenvalue weighted by Gasteiger charge is 2.18. The van der Waals surface area contributed by atoms with Gasteiger partial charge in [0.1, 0.15) is 4.21 Å². The van der Waals surface area contributed by atoms with E-state index in [-0.39, 0.29) is 16.7 Å². The number of hydrogen-bond acceptors (Lipinski definition) is 4. The molecule has 20 heavy (non-hydrogen) atoms. The highest BCUT2D eigenvalue weighted by molar-refractivity contribution is 7.91. The third kappa shape index (κ3) is 4.88. The molecule has 0 radical (unpaired) electrons. The van der Waals surface area contributed by atoms with Gasteiger partial charge in [-0.05, 0) is 25.0 Å². The van der Waals surface area contributed by atoms with Gasteiger partial charge in [-0.15, -0.1) is 11.3 Å². The lowest BCUT2D eigenvalue weighted by Crippen LogP contribution is -2.38. The van der Waals surface area contributed by atoms with Crippen LogP contribution in [0, 0.1) is 0 Å². The Hall–Kier alpha value is -0.920. The minimum absolute atomic E-state index is 0.193. The van der Waals surface area contributed by atoms with Crippen LogP contribution in [0.5, 0.6) is 0 Å². The second kappa shape index (κ2) is 7.75. The zero-order chi connectivity index (χ0) is 15.2. The van der Waals surface area contributed by atoms with Crippen molar-refractivity contribution in [3.05, 3.63) is 17.0 Å². The van der Waals surface area contributed by atoms with Gasteiger partial charge < -0.3 is 4.90 Å². The Bertz CT molecular complexity index is 538. The van der Waals surface area contributed by atoms with Gasteiger partial charge in [-0.25, -0.2) is 13.1 Å². The van der Waals surface area contributed by atoms with Gasteiger partial charge in [-0.1, -0.05) is 20.3 Å². The van der Waals surface area contributed by atoms with Crippen molar-refractivity contribution in [2.75, 3.05) is 20.1 Å². The molecule has 0 atom stereocenters. The molecule has 0 aromatic carbocycles. The number of unbranched alkanes of at least 4 members (excludes halogenated alkanes) is 1. The van der Waals surface area contributed by atoms with Crippen LogP contribution in [0.2, 0.25) is 0 Å². The number of sulfonamides is 1. The van der Waals surface area contributed by atoms with E-state index in [1.54, 1.807) is 24.1 Å². The summed E-state index contributed by atoms with van der Waals surface area (Å²) in [4.78, 5) is 14.4. The second-order valence-corrected chi connectivity index (χ2v) is 7.73. The summed E-state index contributed by atoms with van der Waals surface area (Å²) >= 11 is 1.24. The van der Waals surface area contributed by atoms with Crippen molar-refractivity contribution in [3.63, 3.8) is 0 Å². The van der Waals surface area contributed by atoms with Crippen LogP contribution in [-0.4, -0.2) is 39.4 Å². The van der Waals surface area contributed by atoms with E-state index < -0.39 is 10.0 Å². The van der Waals surface area contributed by atoms with Gasteiger partial charge >= 0.3 is 0 Å². The molecule has 0 unspecified atom stereocenters. The van der Waals surface area contributed by atoms with E-state index in [1.165, 1.54) is 11.3 Å². The molecule has 114 valence electrons. The topological polar surface area (TPSA) is 66.5 Å². The molecule has 1 aromatic rings. The van der Waals surface area contributed by atoms with E-state index in [0.29, 0.717) is 6.54 Å². The Kier molecular flexibility index (Phi) is 6.64. The Morgan fingerprint density at radius 2 is 2.05 bits per heavy atom. The zero-order valence-corrected chi connectivity index (χ0v) is 13.8. The fourth-order valence-corrected chi connectivity index (χ4v) is 3.89. The number of carbonyl (C=O) groups is 1. The Balaban J connectivity index is 2.57. The van der Waals surface area contributed by atoms with Gasteiger partial charge in [0.25, 0.3) is 10.0 Å². The molecule has 0 aliphatic carbocycles. The maximum Gasteiger partial charge on any atom is 0.250 e. The van der Waals surface area contributed by atoms with Crippen molar-refractivity contribution in [1.82, 2.24) is 9.62 Å². The quantitative estimate of drug-likeness (QED) is 0.795. The zero-order valence-electron chi connectivity index (χ0n) is 12.2. The maximum absolute atomic E-state index is 12.0. The molecule has 0 saturated heterocycles. The first-order valence-electron chi connectivity index (χ1n) is 6.73. The largest absolute Gasteiger partial charge is 0.345 e. The summed E-state index contributed by atoms with van der Waals surface area (Å²) in [5, 5.41) is 0. The first-order chi connectivity index (χ1) is 9.40. The van der Waals surface area contributed by atoms with Crippen molar-refractivity contribution >= 4 is 27.3 Å². The molecule has 1 amide bonds. The molecule has 1 aromatic heterocycles. The van der Waals surface area contributed by atoms with E-state index in [0.717, 1.165) is 24.1 Å². The van der Waals surface area contributed by atoms with E-state index in [9.17, 15) is 13.2 Å². The molecular formula is C13H22N2O3S2. The smallest absolute Gasteiger partial charge is 0.250 e. The predicted octanol–water partition coefficient (Wildman–Crippen LogP) is 1.85. The number of nitrogens with zero attached hydrogens (tertiary/aromatic N) is 1. The number of rotatable bonds is 8. The molecule has 0 spiro atoms. The summed E-state index contributed by atoms with van der Waals surface area (Å²) in [6.07, 6.45) is 2.72. The third-order valence-electron chi connectivity index (χ3n) is 2.94. The molecule has 0 aliphatic heterocycles. The first kappa shape index (κ1) is 17.1. The van der Waals surface area contributed by atoms with E-state index >= 15 is 0 Å². The molecule has 1 rings (SSSR count). The van der Waals surface area contributed by atoms with Gasteiger partial charge in [0.05, 0.1) is 6.54 Å². The van der Waals surface area contributed by atoms with Gasteiger partial charge in [0.2, 0.25) is 5.91 Å². The monoisotopic (exact) mass is 318 g/mol. The summed E-state index contributed by atoms with van der Waals surface area (Å²) in [5.41, 5.74) is 0. The van der Waals surface area contributed by atoms with Gasteiger partial charge in [0, 0.05) is 18.5 Å². The molecule has 1 N–H and O–H groups in total. The molecule has 1 heterocycles. The highest BCUT2D eigenvalue weighted by Crippen LogP contribution is 2.21. The molecule has 7 heteroatoms. The van der Waals surface area contributed by atoms with Crippen LogP contribution >= 0.6 is 11.3 Å². The number of hydrogen-bond donors (Lipinski definition) is 1. The lowest BCUT2D eigenvalue weighted by molar-refractivity contribution is -0.128. The van der Waals surface area contributed by atoms with Crippen LogP contribution < -0.4 is 4.72 Å². The summed E-state index contributed by atoms with van der Waals surface area (Å²) < 4.78 is 26.7. The summed E-state index contributed by atoms with van der Waals surface area (Å²) in [6.45, 7) is 4.48. The molecule has 0 aliphatic rings. The van der Waals surface area contributed by atoms with Crippen LogP contribution in [-0.2, 0) is 21.2 Å². The van der Waals surface area contributed by atoms with E-state index in [4.69, 9.17) is 0 Å². The van der Waals surface area contributed by atoms with Crippen LogP contribution in [0.15, 0.2) is 16.3 Å². The minimum atomic E-state index is -3.58. The lowest BCUT2D eigenvalue weighted by atomic mass is 10.3. The Labute approximate surface area is 125 Å². The van der Waals surface area contributed by atoms with E-state index in [2.05, 4.69) is 4.72 Å². The standard InChI is InChI=1S/C13H22N2O3S2/c1-4-6-9-15(3)12(16)10-14-20(17,18)13-8-7-11(5-2)19-13/h7-8,14H,4-6,9-10H2,1-3H3. The number of thiophene rings is 1. The Morgan fingerprint density at radius 3 is 2.60 bits per heavy atom. The normalized spacial score (nSPS) is 11.6. The summed E-state index contributed by atoms with van der Waals surface area (Å²) in [7, 11) is -1.89. The van der Waals surface area contributed by atoms with Crippen molar-refractivity contribution in [2.24, 2.45) is 0 Å². The average Bonchev–Trinajstić information content (AvgIpc) is 2.91. The number of carbonyl (C=O) groups excluding carboxylic acids is 1. The van der Waals surface area contributed by atoms with E-state index in [1.807, 2.05) is 13.8 Å². The van der Waals surface area contributed by atoms with Crippen LogP contribution in [0.25, 0.3) is 0 Å². The first-order valence-corrected chi connectivity index (χ1v) is 9.03. The minimum Gasteiger partial charge on any atom is -0.345 e. The van der Waals surface area contributed by atoms with Crippen LogP contribution in [0.1, 0.15) is 31.6 Å². The fourth-order valence-electron chi connectivity index (χ4n) is 1.58. The van der Waals surface area contributed by atoms with Gasteiger partial charge in [-0.2, -0.15) is 0 Å². The molecule has 0 saturated carbocycles. The van der Waals surface area contributed by atoms with Gasteiger partial charge in [0.15, 0.2) is 0 Å². The SMILES string of the molecule is CCCCN(C)C(=O)CNS(=O)(=O)c1ccc(CC)s1. The van der Waals surface area contributed by atoms with Crippen LogP contribution in [0.4, 0.5) is 0 Å². The fraction of sp³-hybridized carbons (Fsp3) is 0.615. The van der Waals surface area contributed by atoms with Crippen LogP contribution in [0.3, 0.4) is 0 Å². The molecule has 0 bridgehead atoms. The highest BCUT2D eigenvalue weighted by atomic mass is 32.2. The number of nitrogens with one attached hydrogen (secondary N) is 1. The average molecular weight is 318 g/mol. The molecule has 5 nitrogen and oxygen atoms in total. The number of likely N-dealkylation sites (N-methyl/N-ethyl adjacent to an activating group) is 1. The molecular weight excluding hydrogens is 296 g/mol. The van der Waals surface area contributed by atoms with Crippen molar-refractivity contribution in [2.45, 2.75) is 37.3 Å². The van der Waals surface area contributed by atoms with Crippen molar-refractivity contribution in [1.29, 1.82) is 0 Å². The third-order valence-corrected chi connectivity index (χ3v) is 6.06. The lowest BCUT2D eigenvalue weighted by Gasteiger charge is -2.16. The second-order valence-electron chi connectivity index (χ2n) is 4.57. The predicted molar refractivity (Wildman–Crippen MR) is 81.4 cm³/mol. The summed E-state index contributed by atoms with van der Waals surface area (Å²) in [6, 6.07) is 3.38. The molecule has 0 fully saturated rings. The van der Waals surface area contributed by atoms with Crippen molar-refractivity contribution < 1.29 is 13.2 Å². The number of aryl methyl sites for hydroxylation is 1. The van der Waals surface area contributed by atoms with Crippen molar-refractivity contribution in [3.8, 4) is 0 Å². The number of amides is 1. The Morgan fingerprint density at radius 1 is 1.35 bits per heavy atom. The maximum atomic E-state index is 12.0. The van der Waals surface area contributed by atoms with Gasteiger partial charge in [-0.3, -0.25) is 4.79 Å². The summed E-state index contributed by atoms with van der Waals surface area (Å²) in [5.74, 6) is -0.214.